The van der Waals surface area contributed by atoms with E-state index in [1.165, 1.54) is 30.6 Å². The highest BCUT2D eigenvalue weighted by atomic mass is 35.5. The maximum absolute atomic E-state index is 13.7. The van der Waals surface area contributed by atoms with E-state index in [0.717, 1.165) is 16.3 Å². The highest BCUT2D eigenvalue weighted by molar-refractivity contribution is 7.11. The van der Waals surface area contributed by atoms with Crippen LogP contribution in [-0.2, 0) is 9.47 Å². The van der Waals surface area contributed by atoms with Gasteiger partial charge in [0.15, 0.2) is 10.8 Å². The Morgan fingerprint density at radius 1 is 1.43 bits per heavy atom. The summed E-state index contributed by atoms with van der Waals surface area (Å²) in [6, 6.07) is 3.70. The molecule has 2 aliphatic heterocycles. The molecule has 30 heavy (non-hydrogen) atoms. The van der Waals surface area contributed by atoms with Crippen LogP contribution in [0, 0.1) is 5.82 Å². The second kappa shape index (κ2) is 8.71. The molecule has 7 nitrogen and oxygen atoms in total. The summed E-state index contributed by atoms with van der Waals surface area (Å²) in [6.45, 7) is 0.851. The summed E-state index contributed by atoms with van der Waals surface area (Å²) in [6.07, 6.45) is 1.81. The molecule has 0 radical (unpaired) electrons. The van der Waals surface area contributed by atoms with Gasteiger partial charge in [0.25, 0.3) is 0 Å². The summed E-state index contributed by atoms with van der Waals surface area (Å²) in [5, 5.41) is 5.80. The zero-order valence-electron chi connectivity index (χ0n) is 16.4. The first-order valence-electron chi connectivity index (χ1n) is 9.27. The van der Waals surface area contributed by atoms with Crippen LogP contribution in [0.4, 0.5) is 9.18 Å². The molecule has 158 valence electrons. The molecule has 3 heterocycles. The van der Waals surface area contributed by atoms with Crippen molar-refractivity contribution in [3.05, 3.63) is 62.5 Å². The van der Waals surface area contributed by atoms with Crippen molar-refractivity contribution < 1.29 is 18.7 Å². The van der Waals surface area contributed by atoms with E-state index in [1.807, 2.05) is 5.38 Å². The second-order valence-electron chi connectivity index (χ2n) is 6.91. The van der Waals surface area contributed by atoms with Crippen LogP contribution in [0.3, 0.4) is 0 Å². The summed E-state index contributed by atoms with van der Waals surface area (Å²) in [5.74, 6) is 0.286. The van der Waals surface area contributed by atoms with Crippen LogP contribution >= 0.6 is 22.9 Å². The first-order valence-corrected chi connectivity index (χ1v) is 10.5. The molecule has 4 rings (SSSR count). The lowest BCUT2D eigenvalue weighted by molar-refractivity contribution is 0.167. The Morgan fingerprint density at radius 3 is 2.93 bits per heavy atom. The molecule has 0 bridgehead atoms. The minimum absolute atomic E-state index is 0.160. The Kier molecular flexibility index (Phi) is 6.03. The van der Waals surface area contributed by atoms with E-state index in [1.54, 1.807) is 19.4 Å². The third-order valence-electron chi connectivity index (χ3n) is 5.06. The molecular weight excluding hydrogens is 431 g/mol. The van der Waals surface area contributed by atoms with Crippen LogP contribution < -0.4 is 5.32 Å². The molecule has 0 spiro atoms. The Labute approximate surface area is 182 Å². The normalized spacial score (nSPS) is 20.8. The van der Waals surface area contributed by atoms with Crippen LogP contribution in [0.2, 0.25) is 5.02 Å². The number of aliphatic imine (C=N–C) groups is 1. The minimum atomic E-state index is -0.486. The molecule has 0 saturated carbocycles. The summed E-state index contributed by atoms with van der Waals surface area (Å²) >= 11 is 7.86. The van der Waals surface area contributed by atoms with Gasteiger partial charge in [0, 0.05) is 47.9 Å². The number of hydrogen-bond donors (Lipinski definition) is 1. The van der Waals surface area contributed by atoms with Gasteiger partial charge in [0.05, 0.1) is 19.8 Å². The summed E-state index contributed by atoms with van der Waals surface area (Å²) in [4.78, 5) is 23.2. The third-order valence-corrected chi connectivity index (χ3v) is 6.16. The topological polar surface area (TPSA) is 76.1 Å². The van der Waals surface area contributed by atoms with Gasteiger partial charge in [-0.05, 0) is 17.7 Å². The average molecular weight is 451 g/mol. The number of amidine groups is 1. The molecule has 1 aromatic heterocycles. The van der Waals surface area contributed by atoms with Crippen molar-refractivity contribution in [3.8, 4) is 0 Å². The van der Waals surface area contributed by atoms with Gasteiger partial charge in [-0.1, -0.05) is 17.7 Å². The van der Waals surface area contributed by atoms with Crippen LogP contribution in [0.15, 0.2) is 46.0 Å². The SMILES string of the molecule is COCC1=C2C[C@H](NC(=O)OC)CN2C(c2nccs2)=N[C@H]1c1ccc(F)cc1Cl. The number of methoxy groups -OCH3 is 2. The molecule has 1 amide bonds. The number of nitrogens with zero attached hydrogens (tertiary/aromatic N) is 3. The van der Waals surface area contributed by atoms with E-state index in [4.69, 9.17) is 26.1 Å². The van der Waals surface area contributed by atoms with Gasteiger partial charge in [-0.3, -0.25) is 4.99 Å². The maximum atomic E-state index is 13.7. The van der Waals surface area contributed by atoms with E-state index in [2.05, 4.69) is 15.2 Å². The summed E-state index contributed by atoms with van der Waals surface area (Å²) < 4.78 is 23.9. The molecule has 1 aromatic carbocycles. The number of alkyl carbamates (subject to hydrolysis) is 1. The lowest BCUT2D eigenvalue weighted by atomic mass is 9.95. The summed E-state index contributed by atoms with van der Waals surface area (Å²) in [5.41, 5.74) is 2.60. The largest absolute Gasteiger partial charge is 0.453 e. The molecule has 2 atom stereocenters. The Balaban J connectivity index is 1.81. The third kappa shape index (κ3) is 3.92. The van der Waals surface area contributed by atoms with E-state index in [-0.39, 0.29) is 6.04 Å². The van der Waals surface area contributed by atoms with Crippen molar-refractivity contribution in [2.24, 2.45) is 4.99 Å². The number of rotatable bonds is 5. The number of hydrogen-bond acceptors (Lipinski definition) is 7. The molecule has 1 N–H and O–H groups in total. The van der Waals surface area contributed by atoms with Gasteiger partial charge >= 0.3 is 6.09 Å². The van der Waals surface area contributed by atoms with Crippen LogP contribution in [0.25, 0.3) is 0 Å². The highest BCUT2D eigenvalue weighted by Gasteiger charge is 2.40. The van der Waals surface area contributed by atoms with Gasteiger partial charge in [-0.25, -0.2) is 14.2 Å². The minimum Gasteiger partial charge on any atom is -0.453 e. The number of amides is 1. The van der Waals surface area contributed by atoms with E-state index < -0.39 is 18.0 Å². The van der Waals surface area contributed by atoms with E-state index in [0.29, 0.717) is 36.0 Å². The smallest absolute Gasteiger partial charge is 0.407 e. The van der Waals surface area contributed by atoms with Gasteiger partial charge in [-0.15, -0.1) is 11.3 Å². The molecule has 2 aromatic rings. The first kappa shape index (κ1) is 20.8. The number of carbonyl (C=O) groups excluding carboxylic acids is 1. The van der Waals surface area contributed by atoms with E-state index in [9.17, 15) is 9.18 Å². The average Bonchev–Trinajstić information content (AvgIpc) is 3.39. The number of benzene rings is 1. The van der Waals surface area contributed by atoms with Gasteiger partial charge < -0.3 is 19.7 Å². The number of thiazole rings is 1. The zero-order chi connectivity index (χ0) is 21.3. The van der Waals surface area contributed by atoms with Crippen LogP contribution in [0.5, 0.6) is 0 Å². The lowest BCUT2D eigenvalue weighted by Crippen LogP contribution is -2.39. The Morgan fingerprint density at radius 2 is 2.27 bits per heavy atom. The Hall–Kier alpha value is -2.49. The number of halogens is 2. The number of ether oxygens (including phenoxy) is 2. The fraction of sp³-hybridized carbons (Fsp3) is 0.350. The standard InChI is InChI=1S/C20H20ClFN4O3S/c1-28-10-14-16-8-12(24-20(27)29-2)9-26(16)18(19-23-5-6-30-19)25-17(14)13-4-3-11(22)7-15(13)21/h3-7,12,17H,8-10H2,1-2H3,(H,24,27)/t12-,17-/m0/s1. The molecular formula is C20H20ClFN4O3S. The quantitative estimate of drug-likeness (QED) is 0.750. The maximum Gasteiger partial charge on any atom is 0.407 e. The molecule has 0 aliphatic carbocycles. The number of carbonyl (C=O) groups is 1. The summed E-state index contributed by atoms with van der Waals surface area (Å²) in [7, 11) is 2.95. The molecule has 10 heteroatoms. The molecule has 2 aliphatic rings. The number of aromatic nitrogens is 1. The zero-order valence-corrected chi connectivity index (χ0v) is 18.0. The lowest BCUT2D eigenvalue weighted by Gasteiger charge is -2.32. The predicted molar refractivity (Wildman–Crippen MR) is 112 cm³/mol. The molecule has 0 unspecified atom stereocenters. The van der Waals surface area contributed by atoms with E-state index >= 15 is 0 Å². The molecule has 1 saturated heterocycles. The predicted octanol–water partition coefficient (Wildman–Crippen LogP) is 3.77. The monoisotopic (exact) mass is 450 g/mol. The van der Waals surface area contributed by atoms with Crippen molar-refractivity contribution in [2.45, 2.75) is 18.5 Å². The second-order valence-corrected chi connectivity index (χ2v) is 8.21. The van der Waals surface area contributed by atoms with Gasteiger partial charge in [0.2, 0.25) is 0 Å². The fourth-order valence-corrected chi connectivity index (χ4v) is 4.72. The number of nitrogens with one attached hydrogen (secondary N) is 1. The molecule has 1 fully saturated rings. The highest BCUT2D eigenvalue weighted by Crippen LogP contribution is 2.42. The van der Waals surface area contributed by atoms with Crippen molar-refractivity contribution >= 4 is 34.9 Å². The van der Waals surface area contributed by atoms with Gasteiger partial charge in [0.1, 0.15) is 11.9 Å². The Bertz CT molecular complexity index is 1010. The van der Waals surface area contributed by atoms with Crippen molar-refractivity contribution in [2.75, 3.05) is 27.4 Å². The van der Waals surface area contributed by atoms with Crippen LogP contribution in [0.1, 0.15) is 23.0 Å². The first-order chi connectivity index (χ1) is 14.5. The van der Waals surface area contributed by atoms with Crippen LogP contribution in [-0.4, -0.2) is 55.2 Å². The van der Waals surface area contributed by atoms with Crippen molar-refractivity contribution in [1.29, 1.82) is 0 Å². The van der Waals surface area contributed by atoms with Crippen molar-refractivity contribution in [1.82, 2.24) is 15.2 Å². The van der Waals surface area contributed by atoms with Crippen molar-refractivity contribution in [3.63, 3.8) is 0 Å². The fourth-order valence-electron chi connectivity index (χ4n) is 3.81. The number of fused-ring (bicyclic) bond motifs is 1. The van der Waals surface area contributed by atoms with Gasteiger partial charge in [-0.2, -0.15) is 0 Å².